The van der Waals surface area contributed by atoms with Gasteiger partial charge in [-0.25, -0.2) is 0 Å². The molecule has 1 aromatic heterocycles. The molecule has 0 atom stereocenters. The summed E-state index contributed by atoms with van der Waals surface area (Å²) in [4.78, 5) is 0. The first-order chi connectivity index (χ1) is 16.1. The van der Waals surface area contributed by atoms with Crippen molar-refractivity contribution in [3.05, 3.63) is 36.4 Å². The topological polar surface area (TPSA) is 68.5 Å². The van der Waals surface area contributed by atoms with Crippen molar-refractivity contribution in [2.24, 2.45) is 0 Å². The zero-order valence-electron chi connectivity index (χ0n) is 19.3. The molecule has 0 aliphatic rings. The van der Waals surface area contributed by atoms with Gasteiger partial charge in [0, 0.05) is 22.2 Å². The molecule has 0 aliphatic heterocycles. The molecule has 0 aliphatic carbocycles. The molecule has 4 aromatic carbocycles. The van der Waals surface area contributed by atoms with Crippen LogP contribution in [0.3, 0.4) is 0 Å². The SMILES string of the molecule is COc1cc2oc3c4cc(OC)c(OC)cc4c4cc(OC)c(OC)cc4c3c2cc1OC. The second-order valence-electron chi connectivity index (χ2n) is 7.52. The highest BCUT2D eigenvalue weighted by Gasteiger charge is 2.22. The van der Waals surface area contributed by atoms with E-state index in [4.69, 9.17) is 32.8 Å². The minimum atomic E-state index is 0.594. The fraction of sp³-hybridized carbons (Fsp3) is 0.231. The maximum atomic E-state index is 6.41. The first-order valence-corrected chi connectivity index (χ1v) is 10.3. The first kappa shape index (κ1) is 20.9. The first-order valence-electron chi connectivity index (χ1n) is 10.3. The lowest BCUT2D eigenvalue weighted by Crippen LogP contribution is -1.93. The summed E-state index contributed by atoms with van der Waals surface area (Å²) in [7, 11) is 9.70. The number of hydrogen-bond donors (Lipinski definition) is 0. The van der Waals surface area contributed by atoms with E-state index < -0.39 is 0 Å². The minimum absolute atomic E-state index is 0.594. The molecule has 7 nitrogen and oxygen atoms in total. The van der Waals surface area contributed by atoms with Gasteiger partial charge in [0.2, 0.25) is 0 Å². The molecule has 0 fully saturated rings. The van der Waals surface area contributed by atoms with Crippen LogP contribution in [0.1, 0.15) is 0 Å². The van der Waals surface area contributed by atoms with Gasteiger partial charge in [-0.05, 0) is 46.5 Å². The minimum Gasteiger partial charge on any atom is -0.493 e. The Labute approximate surface area is 190 Å². The van der Waals surface area contributed by atoms with Crippen LogP contribution >= 0.6 is 0 Å². The van der Waals surface area contributed by atoms with E-state index in [9.17, 15) is 0 Å². The Bertz CT molecular complexity index is 1530. The summed E-state index contributed by atoms with van der Waals surface area (Å²) in [6.07, 6.45) is 0. The van der Waals surface area contributed by atoms with Gasteiger partial charge in [-0.3, -0.25) is 0 Å². The fourth-order valence-corrected chi connectivity index (χ4v) is 4.48. The van der Waals surface area contributed by atoms with Crippen molar-refractivity contribution in [3.63, 3.8) is 0 Å². The number of hydrogen-bond acceptors (Lipinski definition) is 7. The van der Waals surface area contributed by atoms with E-state index in [1.807, 2.05) is 36.4 Å². The summed E-state index contributed by atoms with van der Waals surface area (Å²) in [6.45, 7) is 0. The average molecular weight is 448 g/mol. The summed E-state index contributed by atoms with van der Waals surface area (Å²) < 4.78 is 39.8. The summed E-state index contributed by atoms with van der Waals surface area (Å²) in [5.41, 5.74) is 1.40. The third kappa shape index (κ3) is 2.96. The Morgan fingerprint density at radius 3 is 1.27 bits per heavy atom. The van der Waals surface area contributed by atoms with E-state index in [0.29, 0.717) is 40.1 Å². The summed E-state index contributed by atoms with van der Waals surface area (Å²) in [6, 6.07) is 11.6. The van der Waals surface area contributed by atoms with Crippen molar-refractivity contribution in [3.8, 4) is 34.5 Å². The van der Waals surface area contributed by atoms with Gasteiger partial charge in [0.25, 0.3) is 0 Å². The van der Waals surface area contributed by atoms with Gasteiger partial charge < -0.3 is 32.8 Å². The predicted octanol–water partition coefficient (Wildman–Crippen LogP) is 5.94. The molecule has 0 bridgehead atoms. The molecule has 0 saturated carbocycles. The van der Waals surface area contributed by atoms with E-state index in [2.05, 4.69) is 0 Å². The zero-order chi connectivity index (χ0) is 23.3. The number of fused-ring (bicyclic) bond motifs is 8. The molecular weight excluding hydrogens is 424 g/mol. The number of methoxy groups -OCH3 is 6. The van der Waals surface area contributed by atoms with Crippen LogP contribution in [0.25, 0.3) is 43.5 Å². The average Bonchev–Trinajstić information content (AvgIpc) is 3.24. The summed E-state index contributed by atoms with van der Waals surface area (Å²) >= 11 is 0. The van der Waals surface area contributed by atoms with Crippen LogP contribution in [0.5, 0.6) is 34.5 Å². The van der Waals surface area contributed by atoms with Gasteiger partial charge in [0.05, 0.1) is 42.7 Å². The van der Waals surface area contributed by atoms with Crippen LogP contribution in [0.2, 0.25) is 0 Å². The van der Waals surface area contributed by atoms with Gasteiger partial charge >= 0.3 is 0 Å². The number of rotatable bonds is 6. The molecule has 1 heterocycles. The fourth-order valence-electron chi connectivity index (χ4n) is 4.48. The maximum Gasteiger partial charge on any atom is 0.164 e. The lowest BCUT2D eigenvalue weighted by Gasteiger charge is -2.14. The van der Waals surface area contributed by atoms with Crippen LogP contribution in [0.15, 0.2) is 40.8 Å². The van der Waals surface area contributed by atoms with Crippen molar-refractivity contribution in [2.75, 3.05) is 42.7 Å². The lowest BCUT2D eigenvalue weighted by molar-refractivity contribution is 0.355. The van der Waals surface area contributed by atoms with E-state index in [-0.39, 0.29) is 0 Å². The van der Waals surface area contributed by atoms with Gasteiger partial charge in [-0.1, -0.05) is 0 Å². The smallest absolute Gasteiger partial charge is 0.164 e. The normalized spacial score (nSPS) is 11.3. The third-order valence-corrected chi connectivity index (χ3v) is 6.05. The molecule has 33 heavy (non-hydrogen) atoms. The molecule has 0 spiro atoms. The second-order valence-corrected chi connectivity index (χ2v) is 7.52. The van der Waals surface area contributed by atoms with Crippen LogP contribution in [-0.4, -0.2) is 42.7 Å². The molecule has 0 unspecified atom stereocenters. The lowest BCUT2D eigenvalue weighted by atomic mass is 9.95. The Balaban J connectivity index is 2.07. The molecule has 5 aromatic rings. The molecule has 5 rings (SSSR count). The quantitative estimate of drug-likeness (QED) is 0.298. The van der Waals surface area contributed by atoms with Gasteiger partial charge in [0.1, 0.15) is 11.2 Å². The van der Waals surface area contributed by atoms with E-state index >= 15 is 0 Å². The van der Waals surface area contributed by atoms with E-state index in [1.165, 1.54) is 0 Å². The third-order valence-electron chi connectivity index (χ3n) is 6.05. The van der Waals surface area contributed by atoms with Crippen molar-refractivity contribution >= 4 is 43.5 Å². The highest BCUT2D eigenvalue weighted by Crippen LogP contribution is 2.48. The van der Waals surface area contributed by atoms with Crippen molar-refractivity contribution in [1.82, 2.24) is 0 Å². The summed E-state index contributed by atoms with van der Waals surface area (Å²) in [5.74, 6) is 3.71. The Kier molecular flexibility index (Phi) is 4.96. The van der Waals surface area contributed by atoms with Crippen LogP contribution in [0, 0.1) is 0 Å². The van der Waals surface area contributed by atoms with E-state index in [1.54, 1.807) is 42.7 Å². The van der Waals surface area contributed by atoms with Crippen molar-refractivity contribution in [1.29, 1.82) is 0 Å². The standard InChI is InChI=1S/C26H24O7/c1-27-19-7-13-14-8-20(28-2)22(30-4)10-16(14)26-25(15(13)9-21(19)29-3)17-11-23(31-5)24(32-6)12-18(17)33-26/h7-12H,1-6H3. The molecular formula is C26H24O7. The molecule has 0 saturated heterocycles. The number of benzene rings is 4. The van der Waals surface area contributed by atoms with Gasteiger partial charge in [-0.2, -0.15) is 0 Å². The molecule has 0 radical (unpaired) electrons. The Hall–Kier alpha value is -4.00. The highest BCUT2D eigenvalue weighted by molar-refractivity contribution is 6.31. The highest BCUT2D eigenvalue weighted by atomic mass is 16.5. The van der Waals surface area contributed by atoms with Crippen LogP contribution in [0.4, 0.5) is 0 Å². The molecule has 0 amide bonds. The molecule has 170 valence electrons. The summed E-state index contributed by atoms with van der Waals surface area (Å²) in [5, 5.41) is 5.57. The monoisotopic (exact) mass is 448 g/mol. The van der Waals surface area contributed by atoms with Crippen molar-refractivity contribution in [2.45, 2.75) is 0 Å². The largest absolute Gasteiger partial charge is 0.493 e. The Morgan fingerprint density at radius 2 is 0.788 bits per heavy atom. The number of furan rings is 1. The van der Waals surface area contributed by atoms with Gasteiger partial charge in [0.15, 0.2) is 34.5 Å². The van der Waals surface area contributed by atoms with Crippen molar-refractivity contribution < 1.29 is 32.8 Å². The zero-order valence-corrected chi connectivity index (χ0v) is 19.3. The van der Waals surface area contributed by atoms with Crippen LogP contribution in [-0.2, 0) is 0 Å². The van der Waals surface area contributed by atoms with E-state index in [0.717, 1.165) is 37.9 Å². The predicted molar refractivity (Wildman–Crippen MR) is 128 cm³/mol. The molecule has 0 N–H and O–H groups in total. The maximum absolute atomic E-state index is 6.41. The van der Waals surface area contributed by atoms with Crippen LogP contribution < -0.4 is 28.4 Å². The molecule has 7 heteroatoms. The Morgan fingerprint density at radius 1 is 0.424 bits per heavy atom. The second kappa shape index (κ2) is 7.85. The van der Waals surface area contributed by atoms with Gasteiger partial charge in [-0.15, -0.1) is 0 Å². The number of ether oxygens (including phenoxy) is 6.